The minimum Gasteiger partial charge on any atom is -0.507 e. The number of halogens is 3. The van der Waals surface area contributed by atoms with Crippen LogP contribution in [0.1, 0.15) is 24.0 Å². The lowest BCUT2D eigenvalue weighted by Crippen LogP contribution is -2.20. The van der Waals surface area contributed by atoms with Crippen molar-refractivity contribution in [2.24, 2.45) is 5.73 Å². The highest BCUT2D eigenvalue weighted by Gasteiger charge is 2.44. The van der Waals surface area contributed by atoms with Crippen LogP contribution in [0, 0.1) is 0 Å². The fourth-order valence-corrected chi connectivity index (χ4v) is 1.58. The van der Waals surface area contributed by atoms with Gasteiger partial charge in [0.25, 0.3) is 0 Å². The highest BCUT2D eigenvalue weighted by molar-refractivity contribution is 5.47. The molecule has 1 saturated carbocycles. The van der Waals surface area contributed by atoms with E-state index in [0.29, 0.717) is 12.8 Å². The number of benzene rings is 1. The topological polar surface area (TPSA) is 46.2 Å². The lowest BCUT2D eigenvalue weighted by Gasteiger charge is -2.15. The summed E-state index contributed by atoms with van der Waals surface area (Å²) < 4.78 is 37.3. The summed E-state index contributed by atoms with van der Waals surface area (Å²) in [5.74, 6) is -0.731. The molecule has 0 bridgehead atoms. The predicted molar refractivity (Wildman–Crippen MR) is 48.2 cm³/mol. The van der Waals surface area contributed by atoms with Gasteiger partial charge in [0.05, 0.1) is 5.56 Å². The van der Waals surface area contributed by atoms with Crippen LogP contribution >= 0.6 is 0 Å². The van der Waals surface area contributed by atoms with Gasteiger partial charge >= 0.3 is 6.18 Å². The summed E-state index contributed by atoms with van der Waals surface area (Å²) in [5.41, 5.74) is 4.17. The molecule has 0 unspecified atom stereocenters. The Morgan fingerprint density at radius 2 is 1.87 bits per heavy atom. The highest BCUT2D eigenvalue weighted by atomic mass is 19.4. The molecule has 0 radical (unpaired) electrons. The van der Waals surface area contributed by atoms with Gasteiger partial charge in [-0.1, -0.05) is 12.1 Å². The van der Waals surface area contributed by atoms with E-state index < -0.39 is 23.0 Å². The van der Waals surface area contributed by atoms with E-state index in [4.69, 9.17) is 5.73 Å². The van der Waals surface area contributed by atoms with Gasteiger partial charge < -0.3 is 10.8 Å². The number of aromatic hydroxyl groups is 1. The number of alkyl halides is 3. The number of nitrogens with two attached hydrogens (primary N) is 1. The minimum absolute atomic E-state index is 0.192. The van der Waals surface area contributed by atoms with Crippen molar-refractivity contribution in [2.75, 3.05) is 0 Å². The summed E-state index contributed by atoms with van der Waals surface area (Å²) in [4.78, 5) is 0. The maximum atomic E-state index is 12.4. The Labute approximate surface area is 84.5 Å². The molecular formula is C10H10F3NO. The molecule has 0 heterocycles. The van der Waals surface area contributed by atoms with Gasteiger partial charge in [-0.15, -0.1) is 0 Å². The van der Waals surface area contributed by atoms with Crippen LogP contribution in [0.5, 0.6) is 5.75 Å². The highest BCUT2D eigenvalue weighted by Crippen LogP contribution is 2.49. The third-order valence-electron chi connectivity index (χ3n) is 2.67. The van der Waals surface area contributed by atoms with Crippen LogP contribution in [0.15, 0.2) is 18.2 Å². The molecule has 5 heteroatoms. The van der Waals surface area contributed by atoms with Crippen molar-refractivity contribution in [3.05, 3.63) is 29.3 Å². The smallest absolute Gasteiger partial charge is 0.419 e. The number of para-hydroxylation sites is 1. The Morgan fingerprint density at radius 3 is 2.33 bits per heavy atom. The molecule has 1 aromatic carbocycles. The summed E-state index contributed by atoms with van der Waals surface area (Å²) in [6, 6.07) is 3.56. The van der Waals surface area contributed by atoms with Crippen LogP contribution in [0.4, 0.5) is 13.2 Å². The van der Waals surface area contributed by atoms with Gasteiger partial charge in [-0.05, 0) is 18.9 Å². The minimum atomic E-state index is -4.54. The van der Waals surface area contributed by atoms with Crippen LogP contribution in [0.2, 0.25) is 0 Å². The van der Waals surface area contributed by atoms with E-state index in [1.807, 2.05) is 0 Å². The fraction of sp³-hybridized carbons (Fsp3) is 0.400. The molecule has 2 nitrogen and oxygen atoms in total. The zero-order valence-electron chi connectivity index (χ0n) is 7.80. The first-order chi connectivity index (χ1) is 6.84. The molecule has 0 aliphatic heterocycles. The number of phenolic OH excluding ortho intramolecular Hbond substituents is 1. The second-order valence-electron chi connectivity index (χ2n) is 3.86. The zero-order valence-corrected chi connectivity index (χ0v) is 7.80. The molecular weight excluding hydrogens is 207 g/mol. The summed E-state index contributed by atoms with van der Waals surface area (Å²) in [6.45, 7) is 0. The van der Waals surface area contributed by atoms with Crippen molar-refractivity contribution < 1.29 is 18.3 Å². The Hall–Kier alpha value is -1.23. The maximum absolute atomic E-state index is 12.4. The second-order valence-corrected chi connectivity index (χ2v) is 3.86. The number of hydrogen-bond donors (Lipinski definition) is 2. The quantitative estimate of drug-likeness (QED) is 0.758. The Bertz CT molecular complexity index is 373. The van der Waals surface area contributed by atoms with E-state index in [0.717, 1.165) is 6.07 Å². The molecule has 1 aliphatic rings. The second kappa shape index (κ2) is 2.88. The molecule has 15 heavy (non-hydrogen) atoms. The molecule has 1 aliphatic carbocycles. The number of hydrogen-bond acceptors (Lipinski definition) is 2. The standard InChI is InChI=1S/C10H10F3NO/c11-10(12,13)7-3-1-2-6(8(7)15)9(14)4-5-9/h1-3,15H,4-5,14H2. The van der Waals surface area contributed by atoms with Crippen LogP contribution in [0.25, 0.3) is 0 Å². The Balaban J connectivity index is 2.51. The van der Waals surface area contributed by atoms with Gasteiger partial charge in [0.2, 0.25) is 0 Å². The average Bonchev–Trinajstić information content (AvgIpc) is 2.83. The van der Waals surface area contributed by atoms with E-state index in [9.17, 15) is 18.3 Å². The van der Waals surface area contributed by atoms with E-state index >= 15 is 0 Å². The molecule has 0 saturated heterocycles. The van der Waals surface area contributed by atoms with Gasteiger partial charge in [0, 0.05) is 11.1 Å². The monoisotopic (exact) mass is 217 g/mol. The van der Waals surface area contributed by atoms with Crippen LogP contribution in [-0.4, -0.2) is 5.11 Å². The van der Waals surface area contributed by atoms with Gasteiger partial charge in [-0.2, -0.15) is 13.2 Å². The van der Waals surface area contributed by atoms with Crippen molar-refractivity contribution in [1.82, 2.24) is 0 Å². The molecule has 0 atom stereocenters. The normalized spacial score (nSPS) is 18.9. The third-order valence-corrected chi connectivity index (χ3v) is 2.67. The summed E-state index contributed by atoms with van der Waals surface area (Å²) in [5, 5.41) is 9.50. The molecule has 2 rings (SSSR count). The van der Waals surface area contributed by atoms with E-state index in [1.165, 1.54) is 12.1 Å². The average molecular weight is 217 g/mol. The molecule has 0 amide bonds. The van der Waals surface area contributed by atoms with Gasteiger partial charge in [-0.3, -0.25) is 0 Å². The molecule has 0 aromatic heterocycles. The predicted octanol–water partition coefficient (Wildman–Crippen LogP) is 2.36. The first-order valence-electron chi connectivity index (χ1n) is 4.53. The summed E-state index contributed by atoms with van der Waals surface area (Å²) in [7, 11) is 0. The van der Waals surface area contributed by atoms with Gasteiger partial charge in [0.15, 0.2) is 0 Å². The van der Waals surface area contributed by atoms with Crippen molar-refractivity contribution >= 4 is 0 Å². The SMILES string of the molecule is NC1(c2cccc(C(F)(F)F)c2O)CC1. The summed E-state index contributed by atoms with van der Waals surface area (Å²) in [6.07, 6.45) is -3.31. The lowest BCUT2D eigenvalue weighted by molar-refractivity contribution is -0.138. The molecule has 3 N–H and O–H groups in total. The van der Waals surface area contributed by atoms with E-state index in [1.54, 1.807) is 0 Å². The van der Waals surface area contributed by atoms with Crippen molar-refractivity contribution in [2.45, 2.75) is 24.6 Å². The van der Waals surface area contributed by atoms with Crippen molar-refractivity contribution in [1.29, 1.82) is 0 Å². The lowest BCUT2D eigenvalue weighted by atomic mass is 10.0. The first-order valence-corrected chi connectivity index (χ1v) is 4.53. The molecule has 82 valence electrons. The first kappa shape index (κ1) is 10.3. The number of rotatable bonds is 1. The molecule has 1 fully saturated rings. The molecule has 1 aromatic rings. The van der Waals surface area contributed by atoms with E-state index in [2.05, 4.69) is 0 Å². The van der Waals surface area contributed by atoms with Crippen molar-refractivity contribution in [3.8, 4) is 5.75 Å². The van der Waals surface area contributed by atoms with E-state index in [-0.39, 0.29) is 5.56 Å². The van der Waals surface area contributed by atoms with Gasteiger partial charge in [0.1, 0.15) is 5.75 Å². The fourth-order valence-electron chi connectivity index (χ4n) is 1.58. The summed E-state index contributed by atoms with van der Waals surface area (Å²) >= 11 is 0. The molecule has 0 spiro atoms. The Morgan fingerprint density at radius 1 is 1.27 bits per heavy atom. The van der Waals surface area contributed by atoms with Crippen LogP contribution in [-0.2, 0) is 11.7 Å². The Kier molecular flexibility index (Phi) is 1.98. The number of phenols is 1. The maximum Gasteiger partial charge on any atom is 0.419 e. The van der Waals surface area contributed by atoms with Crippen LogP contribution < -0.4 is 5.73 Å². The van der Waals surface area contributed by atoms with Crippen LogP contribution in [0.3, 0.4) is 0 Å². The zero-order chi connectivity index (χ0) is 11.3. The van der Waals surface area contributed by atoms with Crippen molar-refractivity contribution in [3.63, 3.8) is 0 Å². The third kappa shape index (κ3) is 1.67. The largest absolute Gasteiger partial charge is 0.507 e. The van der Waals surface area contributed by atoms with Gasteiger partial charge in [-0.25, -0.2) is 0 Å².